The second-order valence-electron chi connectivity index (χ2n) is 4.59. The van der Waals surface area contributed by atoms with E-state index in [1.807, 2.05) is 25.5 Å². The van der Waals surface area contributed by atoms with Crippen LogP contribution in [0.5, 0.6) is 11.5 Å². The molecule has 1 N–H and O–H groups in total. The molecule has 1 aromatic carbocycles. The van der Waals surface area contributed by atoms with Crippen molar-refractivity contribution >= 4 is 22.9 Å². The van der Waals surface area contributed by atoms with E-state index in [0.717, 1.165) is 23.4 Å². The smallest absolute Gasteiger partial charge is 0.165 e. The third-order valence-electron chi connectivity index (χ3n) is 3.10. The highest BCUT2D eigenvalue weighted by Gasteiger charge is 2.13. The molecule has 0 spiro atoms. The predicted molar refractivity (Wildman–Crippen MR) is 86.8 cm³/mol. The van der Waals surface area contributed by atoms with E-state index in [2.05, 4.69) is 10.3 Å². The minimum atomic E-state index is 0.581. The molecule has 2 rings (SSSR count). The molecule has 2 aromatic rings. The summed E-state index contributed by atoms with van der Waals surface area (Å²) in [6.45, 7) is 3.27. The van der Waals surface area contributed by atoms with Gasteiger partial charge < -0.3 is 14.8 Å². The molecule has 0 aliphatic carbocycles. The number of aryl methyl sites for hydroxylation is 1. The Morgan fingerprint density at radius 1 is 1.38 bits per heavy atom. The maximum atomic E-state index is 6.10. The van der Waals surface area contributed by atoms with Gasteiger partial charge in [-0.3, -0.25) is 0 Å². The normalized spacial score (nSPS) is 10.7. The third kappa shape index (κ3) is 4.09. The summed E-state index contributed by atoms with van der Waals surface area (Å²) in [6.07, 6.45) is 0.835. The summed E-state index contributed by atoms with van der Waals surface area (Å²) in [4.78, 5) is 5.49. The largest absolute Gasteiger partial charge is 0.493 e. The van der Waals surface area contributed by atoms with Gasteiger partial charge in [0, 0.05) is 34.5 Å². The molecule has 0 bridgehead atoms. The van der Waals surface area contributed by atoms with Gasteiger partial charge in [-0.15, -0.1) is 11.3 Å². The lowest BCUT2D eigenvalue weighted by molar-refractivity contribution is 0.294. The second kappa shape index (κ2) is 7.64. The van der Waals surface area contributed by atoms with Crippen LogP contribution in [0.15, 0.2) is 17.6 Å². The predicted octanol–water partition coefficient (Wildman–Crippen LogP) is 3.45. The van der Waals surface area contributed by atoms with Gasteiger partial charge in [-0.1, -0.05) is 11.6 Å². The van der Waals surface area contributed by atoms with Gasteiger partial charge in [0.25, 0.3) is 0 Å². The Hall–Kier alpha value is -1.30. The Morgan fingerprint density at radius 3 is 2.81 bits per heavy atom. The third-order valence-corrected chi connectivity index (χ3v) is 4.32. The van der Waals surface area contributed by atoms with Crippen LogP contribution < -0.4 is 14.8 Å². The van der Waals surface area contributed by atoms with Gasteiger partial charge in [0.15, 0.2) is 11.5 Å². The Bertz CT molecular complexity index is 601. The van der Waals surface area contributed by atoms with Crippen LogP contribution in [0.4, 0.5) is 0 Å². The first-order valence-electron chi connectivity index (χ1n) is 6.68. The summed E-state index contributed by atoms with van der Waals surface area (Å²) in [6, 6.07) is 3.67. The van der Waals surface area contributed by atoms with E-state index in [9.17, 15) is 0 Å². The van der Waals surface area contributed by atoms with E-state index >= 15 is 0 Å². The number of nitrogens with zero attached hydrogens (tertiary/aromatic N) is 1. The lowest BCUT2D eigenvalue weighted by Crippen LogP contribution is -2.10. The zero-order valence-corrected chi connectivity index (χ0v) is 14.0. The van der Waals surface area contributed by atoms with E-state index < -0.39 is 0 Å². The highest BCUT2D eigenvalue weighted by atomic mass is 35.5. The Labute approximate surface area is 134 Å². The Balaban J connectivity index is 2.12. The van der Waals surface area contributed by atoms with Gasteiger partial charge >= 0.3 is 0 Å². The van der Waals surface area contributed by atoms with Crippen molar-refractivity contribution in [1.29, 1.82) is 0 Å². The number of halogens is 1. The number of rotatable bonds is 7. The quantitative estimate of drug-likeness (QED) is 0.846. The van der Waals surface area contributed by atoms with Gasteiger partial charge in [-0.05, 0) is 20.0 Å². The van der Waals surface area contributed by atoms with Crippen molar-refractivity contribution in [3.05, 3.63) is 38.8 Å². The molecule has 6 heteroatoms. The highest BCUT2D eigenvalue weighted by molar-refractivity contribution is 7.09. The molecule has 21 heavy (non-hydrogen) atoms. The number of hydrogen-bond donors (Lipinski definition) is 1. The van der Waals surface area contributed by atoms with Crippen molar-refractivity contribution < 1.29 is 9.47 Å². The highest BCUT2D eigenvalue weighted by Crippen LogP contribution is 2.35. The van der Waals surface area contributed by atoms with Gasteiger partial charge in [0.1, 0.15) is 0 Å². The van der Waals surface area contributed by atoms with Gasteiger partial charge in [0.2, 0.25) is 0 Å². The molecular formula is C15H19ClN2O2S. The number of thiazole rings is 1. The van der Waals surface area contributed by atoms with E-state index in [0.29, 0.717) is 23.9 Å². The monoisotopic (exact) mass is 326 g/mol. The molecule has 0 unspecified atom stereocenters. The fourth-order valence-electron chi connectivity index (χ4n) is 2.07. The zero-order chi connectivity index (χ0) is 15.2. The van der Waals surface area contributed by atoms with Crippen LogP contribution >= 0.6 is 22.9 Å². The van der Waals surface area contributed by atoms with Crippen LogP contribution in [0, 0.1) is 6.92 Å². The molecule has 0 saturated heterocycles. The lowest BCUT2D eigenvalue weighted by Gasteiger charge is -2.15. The molecule has 0 aliphatic rings. The lowest BCUT2D eigenvalue weighted by atomic mass is 10.2. The van der Waals surface area contributed by atoms with Crippen molar-refractivity contribution in [1.82, 2.24) is 10.3 Å². The summed E-state index contributed by atoms with van der Waals surface area (Å²) in [7, 11) is 3.51. The van der Waals surface area contributed by atoms with Crippen LogP contribution in [0.2, 0.25) is 5.02 Å². The van der Waals surface area contributed by atoms with Crippen LogP contribution in [0.1, 0.15) is 16.1 Å². The van der Waals surface area contributed by atoms with E-state index in [1.165, 1.54) is 4.88 Å². The van der Waals surface area contributed by atoms with Crippen molar-refractivity contribution in [3.8, 4) is 11.5 Å². The molecule has 1 heterocycles. The molecular weight excluding hydrogens is 308 g/mol. The van der Waals surface area contributed by atoms with Crippen LogP contribution in [-0.2, 0) is 13.0 Å². The first-order chi connectivity index (χ1) is 10.2. The van der Waals surface area contributed by atoms with Crippen molar-refractivity contribution in [3.63, 3.8) is 0 Å². The van der Waals surface area contributed by atoms with Crippen molar-refractivity contribution in [2.45, 2.75) is 19.9 Å². The first kappa shape index (κ1) is 16.1. The van der Waals surface area contributed by atoms with Gasteiger partial charge in [0.05, 0.1) is 24.9 Å². The van der Waals surface area contributed by atoms with Crippen LogP contribution in [0.25, 0.3) is 0 Å². The van der Waals surface area contributed by atoms with Crippen LogP contribution in [0.3, 0.4) is 0 Å². The molecule has 0 fully saturated rings. The molecule has 0 amide bonds. The standard InChI is InChI=1S/C15H19ClN2O2S/c1-10-14(21-9-18-10)4-5-20-15-11(8-17-2)6-12(16)7-13(15)19-3/h6-7,9,17H,4-5,8H2,1-3H3. The summed E-state index contributed by atoms with van der Waals surface area (Å²) in [5, 5.41) is 3.76. The number of aromatic nitrogens is 1. The fraction of sp³-hybridized carbons (Fsp3) is 0.400. The zero-order valence-electron chi connectivity index (χ0n) is 12.4. The molecule has 1 aromatic heterocycles. The van der Waals surface area contributed by atoms with Gasteiger partial charge in [-0.25, -0.2) is 4.98 Å². The summed E-state index contributed by atoms with van der Waals surface area (Å²) >= 11 is 7.76. The molecule has 0 radical (unpaired) electrons. The summed E-state index contributed by atoms with van der Waals surface area (Å²) in [5.41, 5.74) is 3.92. The van der Waals surface area contributed by atoms with Gasteiger partial charge in [-0.2, -0.15) is 0 Å². The fourth-order valence-corrected chi connectivity index (χ4v) is 3.07. The summed E-state index contributed by atoms with van der Waals surface area (Å²) < 4.78 is 11.3. The maximum absolute atomic E-state index is 6.10. The number of hydrogen-bond acceptors (Lipinski definition) is 5. The van der Waals surface area contributed by atoms with E-state index in [1.54, 1.807) is 24.5 Å². The average molecular weight is 327 g/mol. The molecule has 114 valence electrons. The Morgan fingerprint density at radius 2 is 2.19 bits per heavy atom. The second-order valence-corrected chi connectivity index (χ2v) is 5.96. The topological polar surface area (TPSA) is 43.4 Å². The van der Waals surface area contributed by atoms with E-state index in [4.69, 9.17) is 21.1 Å². The molecule has 4 nitrogen and oxygen atoms in total. The number of benzene rings is 1. The van der Waals surface area contributed by atoms with Crippen molar-refractivity contribution in [2.24, 2.45) is 0 Å². The van der Waals surface area contributed by atoms with E-state index in [-0.39, 0.29) is 0 Å². The van der Waals surface area contributed by atoms with Crippen molar-refractivity contribution in [2.75, 3.05) is 20.8 Å². The summed E-state index contributed by atoms with van der Waals surface area (Å²) in [5.74, 6) is 1.41. The Kier molecular flexibility index (Phi) is 5.85. The minimum absolute atomic E-state index is 0.581. The minimum Gasteiger partial charge on any atom is -0.493 e. The first-order valence-corrected chi connectivity index (χ1v) is 7.94. The number of nitrogens with one attached hydrogen (secondary N) is 1. The molecule has 0 saturated carbocycles. The maximum Gasteiger partial charge on any atom is 0.165 e. The number of methoxy groups -OCH3 is 1. The number of ether oxygens (including phenoxy) is 2. The average Bonchev–Trinajstić information content (AvgIpc) is 2.86. The van der Waals surface area contributed by atoms with Crippen LogP contribution in [-0.4, -0.2) is 25.7 Å². The SMILES string of the molecule is CNCc1cc(Cl)cc(OC)c1OCCc1scnc1C. The molecule has 0 atom stereocenters. The molecule has 0 aliphatic heterocycles.